The summed E-state index contributed by atoms with van der Waals surface area (Å²) < 4.78 is 2.22. The summed E-state index contributed by atoms with van der Waals surface area (Å²) in [5.74, 6) is 0. The van der Waals surface area contributed by atoms with Crippen LogP contribution in [0.2, 0.25) is 5.02 Å². The maximum atomic E-state index is 10.0. The second kappa shape index (κ2) is 8.14. The van der Waals surface area contributed by atoms with Crippen molar-refractivity contribution in [1.82, 2.24) is 4.57 Å². The summed E-state index contributed by atoms with van der Waals surface area (Å²) in [6.07, 6.45) is 4.13. The summed E-state index contributed by atoms with van der Waals surface area (Å²) in [5.41, 5.74) is 4.96. The minimum Gasteiger partial charge on any atom is -0.342 e. The first kappa shape index (κ1) is 19.2. The van der Waals surface area contributed by atoms with Crippen LogP contribution in [0.1, 0.15) is 16.7 Å². The lowest BCUT2D eigenvalue weighted by atomic mass is 9.97. The largest absolute Gasteiger partial charge is 0.342 e. The highest BCUT2D eigenvalue weighted by atomic mass is 35.5. The van der Waals surface area contributed by atoms with E-state index in [-0.39, 0.29) is 0 Å². The lowest BCUT2D eigenvalue weighted by molar-refractivity contribution is 0.836. The molecule has 0 spiro atoms. The summed E-state index contributed by atoms with van der Waals surface area (Å²) in [6, 6.07) is 32.9. The van der Waals surface area contributed by atoms with E-state index in [0.29, 0.717) is 5.57 Å². The first-order valence-corrected chi connectivity index (χ1v) is 10.5. The van der Waals surface area contributed by atoms with E-state index in [2.05, 4.69) is 47.2 Å². The van der Waals surface area contributed by atoms with Crippen molar-refractivity contribution in [3.05, 3.63) is 119 Å². The minimum absolute atomic E-state index is 0.659. The van der Waals surface area contributed by atoms with Gasteiger partial charge in [-0.3, -0.25) is 0 Å². The standard InChI is InChI=1S/C28H19ClN2/c29-24-14-12-20(13-15-24)18-31-19-23(27-9-3-4-11-28(27)31)16-22(17-30)26-10-5-7-21-6-1-2-8-25(21)26/h1-16,19H,18H2/b22-16+. The molecule has 148 valence electrons. The van der Waals surface area contributed by atoms with Crippen LogP contribution in [0.4, 0.5) is 0 Å². The van der Waals surface area contributed by atoms with Crippen molar-refractivity contribution >= 4 is 44.9 Å². The maximum Gasteiger partial charge on any atom is 0.0998 e. The molecule has 0 bridgehead atoms. The molecule has 4 aromatic carbocycles. The van der Waals surface area contributed by atoms with Crippen LogP contribution in [-0.4, -0.2) is 4.57 Å². The van der Waals surface area contributed by atoms with E-state index in [1.165, 1.54) is 5.56 Å². The molecule has 2 nitrogen and oxygen atoms in total. The topological polar surface area (TPSA) is 28.7 Å². The number of hydrogen-bond donors (Lipinski definition) is 0. The third-order valence-corrected chi connectivity index (χ3v) is 5.84. The average Bonchev–Trinajstić information content (AvgIpc) is 3.16. The maximum absolute atomic E-state index is 10.0. The fourth-order valence-electron chi connectivity index (χ4n) is 4.09. The zero-order valence-corrected chi connectivity index (χ0v) is 17.6. The number of aromatic nitrogens is 1. The number of benzene rings is 4. The Morgan fingerprint density at radius 1 is 0.839 bits per heavy atom. The van der Waals surface area contributed by atoms with Gasteiger partial charge in [-0.1, -0.05) is 84.4 Å². The summed E-state index contributed by atoms with van der Waals surface area (Å²) in [5, 5.41) is 14.1. The molecule has 1 heterocycles. The molecule has 0 aliphatic carbocycles. The number of fused-ring (bicyclic) bond motifs is 2. The fraction of sp³-hybridized carbons (Fsp3) is 0.0357. The Morgan fingerprint density at radius 2 is 1.55 bits per heavy atom. The van der Waals surface area contributed by atoms with E-state index in [0.717, 1.165) is 44.4 Å². The summed E-state index contributed by atoms with van der Waals surface area (Å²) in [7, 11) is 0. The van der Waals surface area contributed by atoms with Gasteiger partial charge in [0.15, 0.2) is 0 Å². The van der Waals surface area contributed by atoms with E-state index in [1.807, 2.05) is 66.7 Å². The van der Waals surface area contributed by atoms with Crippen molar-refractivity contribution in [2.45, 2.75) is 6.54 Å². The number of halogens is 1. The molecule has 0 saturated heterocycles. The zero-order valence-electron chi connectivity index (χ0n) is 16.8. The monoisotopic (exact) mass is 418 g/mol. The van der Waals surface area contributed by atoms with Crippen LogP contribution in [0.3, 0.4) is 0 Å². The van der Waals surface area contributed by atoms with Crippen LogP contribution in [0.15, 0.2) is 97.2 Å². The molecule has 5 rings (SSSR count). The van der Waals surface area contributed by atoms with Crippen molar-refractivity contribution in [2.75, 3.05) is 0 Å². The van der Waals surface area contributed by atoms with E-state index >= 15 is 0 Å². The second-order valence-corrected chi connectivity index (χ2v) is 7.99. The number of allylic oxidation sites excluding steroid dienone is 1. The molecule has 0 saturated carbocycles. The van der Waals surface area contributed by atoms with Gasteiger partial charge in [-0.15, -0.1) is 0 Å². The Hall–Kier alpha value is -3.80. The molecule has 0 amide bonds. The Kier molecular flexibility index (Phi) is 5.04. The van der Waals surface area contributed by atoms with Crippen LogP contribution >= 0.6 is 11.6 Å². The molecule has 0 fully saturated rings. The van der Waals surface area contributed by atoms with Crippen LogP contribution in [0.5, 0.6) is 0 Å². The number of para-hydroxylation sites is 1. The Balaban J connectivity index is 1.63. The van der Waals surface area contributed by atoms with E-state index < -0.39 is 0 Å². The quantitative estimate of drug-likeness (QED) is 0.277. The van der Waals surface area contributed by atoms with Crippen LogP contribution in [0, 0.1) is 11.3 Å². The molecule has 0 aliphatic rings. The van der Waals surface area contributed by atoms with Crippen molar-refractivity contribution in [1.29, 1.82) is 5.26 Å². The van der Waals surface area contributed by atoms with E-state index in [9.17, 15) is 5.26 Å². The van der Waals surface area contributed by atoms with Crippen molar-refractivity contribution in [3.8, 4) is 6.07 Å². The summed E-state index contributed by atoms with van der Waals surface area (Å²) in [4.78, 5) is 0. The first-order chi connectivity index (χ1) is 15.2. The summed E-state index contributed by atoms with van der Waals surface area (Å²) >= 11 is 6.04. The Labute approximate surface area is 186 Å². The van der Waals surface area contributed by atoms with Gasteiger partial charge in [0.05, 0.1) is 11.6 Å². The van der Waals surface area contributed by atoms with Gasteiger partial charge in [0.1, 0.15) is 0 Å². The lowest BCUT2D eigenvalue weighted by Crippen LogP contribution is -1.97. The zero-order chi connectivity index (χ0) is 21.2. The molecule has 31 heavy (non-hydrogen) atoms. The summed E-state index contributed by atoms with van der Waals surface area (Å²) in [6.45, 7) is 0.738. The Bertz CT molecular complexity index is 1460. The predicted molar refractivity (Wildman–Crippen MR) is 130 cm³/mol. The third kappa shape index (κ3) is 3.72. The van der Waals surface area contributed by atoms with Crippen LogP contribution in [0.25, 0.3) is 33.3 Å². The van der Waals surface area contributed by atoms with Gasteiger partial charge in [-0.05, 0) is 40.6 Å². The first-order valence-electron chi connectivity index (χ1n) is 10.2. The number of nitriles is 1. The van der Waals surface area contributed by atoms with Crippen molar-refractivity contribution in [3.63, 3.8) is 0 Å². The highest BCUT2D eigenvalue weighted by molar-refractivity contribution is 6.30. The average molecular weight is 419 g/mol. The molecule has 0 aliphatic heterocycles. The number of nitrogens with zero attached hydrogens (tertiary/aromatic N) is 2. The Morgan fingerprint density at radius 3 is 2.35 bits per heavy atom. The molecular weight excluding hydrogens is 400 g/mol. The molecule has 5 aromatic rings. The predicted octanol–water partition coefficient (Wildman–Crippen LogP) is 7.56. The van der Waals surface area contributed by atoms with Gasteiger partial charge in [-0.25, -0.2) is 0 Å². The minimum atomic E-state index is 0.659. The van der Waals surface area contributed by atoms with Crippen LogP contribution < -0.4 is 0 Å². The molecule has 0 unspecified atom stereocenters. The molecule has 1 aromatic heterocycles. The third-order valence-electron chi connectivity index (χ3n) is 5.59. The van der Waals surface area contributed by atoms with Gasteiger partial charge in [0.25, 0.3) is 0 Å². The van der Waals surface area contributed by atoms with E-state index in [4.69, 9.17) is 11.6 Å². The van der Waals surface area contributed by atoms with E-state index in [1.54, 1.807) is 0 Å². The normalized spacial score (nSPS) is 11.7. The van der Waals surface area contributed by atoms with Gasteiger partial charge in [0.2, 0.25) is 0 Å². The van der Waals surface area contributed by atoms with Crippen molar-refractivity contribution in [2.24, 2.45) is 0 Å². The fourth-order valence-corrected chi connectivity index (χ4v) is 4.22. The lowest BCUT2D eigenvalue weighted by Gasteiger charge is -2.05. The van der Waals surface area contributed by atoms with Gasteiger partial charge >= 0.3 is 0 Å². The SMILES string of the molecule is N#C/C(=C\c1cn(Cc2ccc(Cl)cc2)c2ccccc12)c1cccc2ccccc12. The van der Waals surface area contributed by atoms with Crippen molar-refractivity contribution < 1.29 is 0 Å². The van der Waals surface area contributed by atoms with Crippen LogP contribution in [-0.2, 0) is 6.54 Å². The molecule has 0 radical (unpaired) electrons. The van der Waals surface area contributed by atoms with Gasteiger partial charge < -0.3 is 4.57 Å². The van der Waals surface area contributed by atoms with Gasteiger partial charge in [0, 0.05) is 39.8 Å². The number of rotatable bonds is 4. The van der Waals surface area contributed by atoms with Gasteiger partial charge in [-0.2, -0.15) is 5.26 Å². The molecule has 0 atom stereocenters. The molecule has 0 N–H and O–H groups in total. The molecular formula is C28H19ClN2. The second-order valence-electron chi connectivity index (χ2n) is 7.55. The highest BCUT2D eigenvalue weighted by Gasteiger charge is 2.11. The highest BCUT2D eigenvalue weighted by Crippen LogP contribution is 2.30. The number of hydrogen-bond acceptors (Lipinski definition) is 1. The molecule has 3 heteroatoms. The smallest absolute Gasteiger partial charge is 0.0998 e.